The van der Waals surface area contributed by atoms with Crippen molar-refractivity contribution in [2.75, 3.05) is 0 Å². The predicted molar refractivity (Wildman–Crippen MR) is 127 cm³/mol. The quantitative estimate of drug-likeness (QED) is 0.344. The Balaban J connectivity index is -0.0000000226. The third-order valence-corrected chi connectivity index (χ3v) is 0. The summed E-state index contributed by atoms with van der Waals surface area (Å²) < 4.78 is 8.25. The number of aliphatic hydroxyl groups is 2. The van der Waals surface area contributed by atoms with Gasteiger partial charge in [-0.3, -0.25) is 0 Å². The summed E-state index contributed by atoms with van der Waals surface area (Å²) in [4.78, 5) is 0. The zero-order valence-corrected chi connectivity index (χ0v) is 27.7. The van der Waals surface area contributed by atoms with Gasteiger partial charge in [-0.25, -0.2) is 0 Å². The van der Waals surface area contributed by atoms with Crippen LogP contribution < -0.4 is 20.4 Å². The molecule has 0 bridgehead atoms. The maximum Gasteiger partial charge on any atom is 4.00 e. The summed E-state index contributed by atoms with van der Waals surface area (Å²) >= 11 is 0.750. The summed E-state index contributed by atoms with van der Waals surface area (Å²) in [5, 5.41) is 54.2. The second kappa shape index (κ2) is 76.6. The minimum absolute atomic E-state index is 0. The van der Waals surface area contributed by atoms with Gasteiger partial charge in [0.25, 0.3) is 0 Å². The Morgan fingerprint density at radius 2 is 0.485 bits per heavy atom. The molecule has 0 fully saturated rings. The molecule has 0 heterocycles. The molecule has 0 aromatic carbocycles. The second-order valence-electron chi connectivity index (χ2n) is 7.54. The van der Waals surface area contributed by atoms with E-state index >= 15 is 0 Å². The van der Waals surface area contributed by atoms with Crippen molar-refractivity contribution in [1.82, 2.24) is 0 Å². The third kappa shape index (κ3) is 32400. The van der Waals surface area contributed by atoms with Crippen LogP contribution in [0.15, 0.2) is 0 Å². The summed E-state index contributed by atoms with van der Waals surface area (Å²) in [6.07, 6.45) is 2.00. The van der Waals surface area contributed by atoms with Gasteiger partial charge in [0, 0.05) is 12.2 Å². The number of rotatable bonds is 0. The molecule has 7 nitrogen and oxygen atoms in total. The topological polar surface area (TPSA) is 150 Å². The van der Waals surface area contributed by atoms with E-state index in [0.29, 0.717) is 0 Å². The molecule has 0 aliphatic rings. The first kappa shape index (κ1) is 64.3. The minimum atomic E-state index is -0.417. The van der Waals surface area contributed by atoms with Crippen LogP contribution in [0.2, 0.25) is 0 Å². The van der Waals surface area contributed by atoms with Crippen LogP contribution in [-0.2, 0) is 45.4 Å². The summed E-state index contributed by atoms with van der Waals surface area (Å²) in [7, 11) is 0. The van der Waals surface area contributed by atoms with Gasteiger partial charge in [-0.05, 0) is 27.7 Å². The van der Waals surface area contributed by atoms with E-state index in [2.05, 4.69) is 0 Å². The van der Waals surface area contributed by atoms with Gasteiger partial charge in [0.1, 0.15) is 0 Å². The van der Waals surface area contributed by atoms with E-state index in [0.717, 1.165) is 20.4 Å². The fourth-order valence-corrected chi connectivity index (χ4v) is 0. The Morgan fingerprint density at radius 3 is 0.485 bits per heavy atom. The van der Waals surface area contributed by atoms with Crippen molar-refractivity contribution in [3.05, 3.63) is 12.8 Å². The van der Waals surface area contributed by atoms with E-state index < -0.39 is 24.4 Å². The second-order valence-corrected chi connectivity index (χ2v) is 7.54. The van der Waals surface area contributed by atoms with Gasteiger partial charge in [0.05, 0.1) is 0 Å². The smallest absolute Gasteiger partial charge is 4.00 e. The molecule has 33 heavy (non-hydrogen) atoms. The average molecular weight is 554 g/mol. The third-order valence-electron chi connectivity index (χ3n) is 0. The molecule has 9 heteroatoms. The first-order chi connectivity index (χ1) is 14.2. The van der Waals surface area contributed by atoms with Crippen molar-refractivity contribution in [2.24, 2.45) is 0 Å². The van der Waals surface area contributed by atoms with Crippen molar-refractivity contribution in [3.63, 3.8) is 0 Å². The standard InChI is InChI=1S/2C3H8O.4C3H7O.2C3H7.O.2Ti/c6*1-3(2)4;2*1-3-2;;;/h2*3-4H,1-2H3;4*3H,1-2H3;2*3H,1-2H3;;;/q;;6*-1;;+2;+4. The molecule has 0 atom stereocenters. The molecule has 0 saturated carbocycles. The van der Waals surface area contributed by atoms with Crippen molar-refractivity contribution in [2.45, 2.75) is 147 Å². The first-order valence-corrected chi connectivity index (χ1v) is 11.5. The van der Waals surface area contributed by atoms with Crippen LogP contribution in [0, 0.1) is 12.8 Å². The molecule has 0 rings (SSSR count). The zero-order chi connectivity index (χ0) is 28.9. The molecular formula is C24H58O7Ti2. The summed E-state index contributed by atoms with van der Waals surface area (Å²) in [6.45, 7) is 27.8. The average Bonchev–Trinajstić information content (AvgIpc) is 2.46. The first-order valence-electron chi connectivity index (χ1n) is 10.9. The Bertz CT molecular complexity index is 142. The Hall–Kier alpha value is 0.989. The Kier molecular flexibility index (Phi) is 149. The molecule has 204 valence electrons. The largest absolute Gasteiger partial charge is 4.00 e. The van der Waals surface area contributed by atoms with Crippen molar-refractivity contribution >= 4 is 0 Å². The molecule has 0 aromatic heterocycles. The van der Waals surface area contributed by atoms with Crippen LogP contribution in [0.4, 0.5) is 0 Å². The van der Waals surface area contributed by atoms with E-state index in [-0.39, 0.29) is 33.9 Å². The molecule has 0 saturated heterocycles. The van der Waals surface area contributed by atoms with Crippen molar-refractivity contribution in [3.8, 4) is 0 Å². The van der Waals surface area contributed by atoms with E-state index in [9.17, 15) is 20.4 Å². The van der Waals surface area contributed by atoms with Crippen LogP contribution in [0.3, 0.4) is 0 Å². The summed E-state index contributed by atoms with van der Waals surface area (Å²) in [6, 6.07) is 0. The van der Waals surface area contributed by atoms with E-state index in [1.165, 1.54) is 0 Å². The number of hydrogen-bond acceptors (Lipinski definition) is 7. The Labute approximate surface area is 235 Å². The van der Waals surface area contributed by atoms with Crippen LogP contribution in [0.5, 0.6) is 0 Å². The fraction of sp³-hybridized carbons (Fsp3) is 0.917. The van der Waals surface area contributed by atoms with Gasteiger partial charge in [0.2, 0.25) is 0 Å². The van der Waals surface area contributed by atoms with Gasteiger partial charge in [-0.15, -0.1) is 24.4 Å². The van der Waals surface area contributed by atoms with E-state index in [1.54, 1.807) is 83.1 Å². The maximum atomic E-state index is 9.53. The predicted octanol–water partition coefficient (Wildman–Crippen LogP) is 2.13. The Morgan fingerprint density at radius 1 is 0.485 bits per heavy atom. The summed E-state index contributed by atoms with van der Waals surface area (Å²) in [5.74, 6) is 0. The molecule has 0 aromatic rings. The zero-order valence-electron chi connectivity index (χ0n) is 24.6. The van der Waals surface area contributed by atoms with Crippen LogP contribution in [-0.4, -0.2) is 46.8 Å². The van der Waals surface area contributed by atoms with Gasteiger partial charge in [-0.1, -0.05) is 55.4 Å². The molecular weight excluding hydrogens is 496 g/mol. The fourth-order valence-electron chi connectivity index (χ4n) is 0. The maximum absolute atomic E-state index is 9.53. The minimum Gasteiger partial charge on any atom is 4.00 e. The molecule has 0 amide bonds. The summed E-state index contributed by atoms with van der Waals surface area (Å²) in [5.41, 5.74) is 0. The molecule has 0 aliphatic heterocycles. The SMILES string of the molecule is CC(C)O.CC(C)O.CC(C)[O-].CC(C)[O-].CC(C)[O-].CC(C)[O-].C[CH-]C.C[CH-]C.[O]=[Ti+2].[Ti+4]. The number of aliphatic hydroxyl groups excluding tert-OH is 2. The van der Waals surface area contributed by atoms with E-state index in [1.807, 2.05) is 40.5 Å². The number of hydrogen-bond donors (Lipinski definition) is 2. The van der Waals surface area contributed by atoms with Gasteiger partial charge < -0.3 is 43.5 Å². The molecule has 2 N–H and O–H groups in total. The van der Waals surface area contributed by atoms with E-state index in [4.69, 9.17) is 13.5 Å². The van der Waals surface area contributed by atoms with Crippen molar-refractivity contribution in [1.29, 1.82) is 0 Å². The molecule has 0 spiro atoms. The van der Waals surface area contributed by atoms with Gasteiger partial charge in [0.15, 0.2) is 0 Å². The van der Waals surface area contributed by atoms with Crippen LogP contribution in [0.25, 0.3) is 0 Å². The molecule has 0 unspecified atom stereocenters. The van der Waals surface area contributed by atoms with Gasteiger partial charge in [-0.2, -0.15) is 27.7 Å². The molecule has 0 aliphatic carbocycles. The van der Waals surface area contributed by atoms with Crippen LogP contribution in [0.1, 0.15) is 111 Å². The van der Waals surface area contributed by atoms with Crippen molar-refractivity contribution < 1.29 is 76.1 Å². The van der Waals surface area contributed by atoms with Gasteiger partial charge >= 0.3 is 45.4 Å². The normalized spacial score (nSPS) is 7.82. The molecule has 0 radical (unpaired) electrons. The van der Waals surface area contributed by atoms with Crippen LogP contribution >= 0.6 is 0 Å². The monoisotopic (exact) mass is 554 g/mol.